The number of nitrogens with two attached hydrogens (primary N) is 1. The minimum atomic E-state index is -0.269. The van der Waals surface area contributed by atoms with Crippen molar-refractivity contribution in [2.24, 2.45) is 5.73 Å². The van der Waals surface area contributed by atoms with Crippen LogP contribution >= 0.6 is 0 Å². The van der Waals surface area contributed by atoms with Crippen LogP contribution in [0.4, 0.5) is 0 Å². The highest BCUT2D eigenvalue weighted by atomic mass is 14.7. The summed E-state index contributed by atoms with van der Waals surface area (Å²) in [7, 11) is 0. The maximum atomic E-state index is 6.06. The maximum Gasteiger partial charge on any atom is 0.0747 e. The van der Waals surface area contributed by atoms with Crippen molar-refractivity contribution in [3.8, 4) is 11.8 Å². The summed E-state index contributed by atoms with van der Waals surface area (Å²) in [6.07, 6.45) is 14.8. The van der Waals surface area contributed by atoms with Crippen LogP contribution in [0.2, 0.25) is 0 Å². The fourth-order valence-corrected chi connectivity index (χ4v) is 2.33. The Kier molecular flexibility index (Phi) is 11.3. The molecule has 0 aliphatic heterocycles. The first kappa shape index (κ1) is 17.5. The largest absolute Gasteiger partial charge is 0.315 e. The van der Waals surface area contributed by atoms with E-state index in [4.69, 9.17) is 5.73 Å². The van der Waals surface area contributed by atoms with Gasteiger partial charge in [-0.05, 0) is 20.3 Å². The molecule has 0 spiro atoms. The molecule has 0 fully saturated rings. The molecule has 1 unspecified atom stereocenters. The quantitative estimate of drug-likeness (QED) is 0.404. The van der Waals surface area contributed by atoms with E-state index in [0.717, 1.165) is 6.42 Å². The molecule has 0 radical (unpaired) electrons. The van der Waals surface area contributed by atoms with E-state index in [1.54, 1.807) is 0 Å². The van der Waals surface area contributed by atoms with E-state index in [9.17, 15) is 0 Å². The molecule has 1 nitrogen and oxygen atoms in total. The standard InChI is InChI=1S/C17H33N/c1-4-6-7-8-9-10-11-12-13-14-16-17(3,18)15-5-2/h4,6-14,16,18H2,1-3H3. The van der Waals surface area contributed by atoms with E-state index >= 15 is 0 Å². The molecule has 18 heavy (non-hydrogen) atoms. The summed E-state index contributed by atoms with van der Waals surface area (Å²) >= 11 is 0. The second-order valence-corrected chi connectivity index (χ2v) is 5.72. The molecule has 0 heterocycles. The normalized spacial score (nSPS) is 13.8. The van der Waals surface area contributed by atoms with Crippen LogP contribution in [-0.2, 0) is 0 Å². The zero-order valence-electron chi connectivity index (χ0n) is 12.9. The molecule has 1 atom stereocenters. The van der Waals surface area contributed by atoms with Crippen LogP contribution in [0.25, 0.3) is 0 Å². The molecule has 0 aromatic rings. The van der Waals surface area contributed by atoms with Gasteiger partial charge in [-0.1, -0.05) is 77.1 Å². The first-order chi connectivity index (χ1) is 8.62. The van der Waals surface area contributed by atoms with Crippen LogP contribution in [0.5, 0.6) is 0 Å². The molecular formula is C17H33N. The van der Waals surface area contributed by atoms with Gasteiger partial charge in [-0.25, -0.2) is 0 Å². The van der Waals surface area contributed by atoms with Gasteiger partial charge < -0.3 is 5.73 Å². The van der Waals surface area contributed by atoms with Crippen LogP contribution in [0.3, 0.4) is 0 Å². The predicted molar refractivity (Wildman–Crippen MR) is 82.5 cm³/mol. The van der Waals surface area contributed by atoms with Crippen molar-refractivity contribution < 1.29 is 0 Å². The molecule has 0 aliphatic rings. The van der Waals surface area contributed by atoms with Gasteiger partial charge in [-0.2, -0.15) is 0 Å². The lowest BCUT2D eigenvalue weighted by Crippen LogP contribution is -2.33. The summed E-state index contributed by atoms with van der Waals surface area (Å²) in [5.41, 5.74) is 5.79. The van der Waals surface area contributed by atoms with E-state index < -0.39 is 0 Å². The van der Waals surface area contributed by atoms with Gasteiger partial charge >= 0.3 is 0 Å². The van der Waals surface area contributed by atoms with Crippen LogP contribution in [0.1, 0.15) is 91.4 Å². The molecule has 2 N–H and O–H groups in total. The van der Waals surface area contributed by atoms with Gasteiger partial charge in [-0.15, -0.1) is 5.92 Å². The average Bonchev–Trinajstić information content (AvgIpc) is 2.31. The maximum absolute atomic E-state index is 6.06. The second kappa shape index (κ2) is 11.6. The van der Waals surface area contributed by atoms with Crippen molar-refractivity contribution in [2.75, 3.05) is 0 Å². The monoisotopic (exact) mass is 251 g/mol. The Morgan fingerprint density at radius 3 is 1.72 bits per heavy atom. The van der Waals surface area contributed by atoms with Gasteiger partial charge in [0, 0.05) is 0 Å². The van der Waals surface area contributed by atoms with Gasteiger partial charge in [0.25, 0.3) is 0 Å². The van der Waals surface area contributed by atoms with Crippen LogP contribution < -0.4 is 5.73 Å². The Labute approximate surface area is 115 Å². The van der Waals surface area contributed by atoms with E-state index in [1.807, 2.05) is 13.8 Å². The Morgan fingerprint density at radius 2 is 1.28 bits per heavy atom. The van der Waals surface area contributed by atoms with Crippen LogP contribution in [0, 0.1) is 11.8 Å². The Morgan fingerprint density at radius 1 is 0.833 bits per heavy atom. The highest BCUT2D eigenvalue weighted by Crippen LogP contribution is 2.14. The third-order valence-corrected chi connectivity index (χ3v) is 3.46. The summed E-state index contributed by atoms with van der Waals surface area (Å²) in [5.74, 6) is 6.00. The van der Waals surface area contributed by atoms with Crippen molar-refractivity contribution >= 4 is 0 Å². The van der Waals surface area contributed by atoms with E-state index in [-0.39, 0.29) is 5.54 Å². The number of rotatable bonds is 11. The Balaban J connectivity index is 3.23. The van der Waals surface area contributed by atoms with Gasteiger partial charge in [0.1, 0.15) is 0 Å². The molecule has 0 aromatic carbocycles. The summed E-state index contributed by atoms with van der Waals surface area (Å²) in [6.45, 7) is 6.18. The highest BCUT2D eigenvalue weighted by molar-refractivity contribution is 5.12. The summed E-state index contributed by atoms with van der Waals surface area (Å²) in [4.78, 5) is 0. The van der Waals surface area contributed by atoms with E-state index in [0.29, 0.717) is 0 Å². The molecule has 0 aliphatic carbocycles. The van der Waals surface area contributed by atoms with Crippen molar-refractivity contribution in [3.05, 3.63) is 0 Å². The molecule has 0 bridgehead atoms. The SMILES string of the molecule is CC#CC(C)(N)CCCCCCCCCCCC. The number of unbranched alkanes of at least 4 members (excludes halogenated alkanes) is 9. The average molecular weight is 251 g/mol. The predicted octanol–water partition coefficient (Wildman–Crippen LogP) is 5.04. The fraction of sp³-hybridized carbons (Fsp3) is 0.882. The third-order valence-electron chi connectivity index (χ3n) is 3.46. The van der Waals surface area contributed by atoms with Crippen molar-refractivity contribution in [1.82, 2.24) is 0 Å². The van der Waals surface area contributed by atoms with Crippen molar-refractivity contribution in [1.29, 1.82) is 0 Å². The first-order valence-corrected chi connectivity index (χ1v) is 7.85. The molecule has 0 saturated carbocycles. The minimum Gasteiger partial charge on any atom is -0.315 e. The van der Waals surface area contributed by atoms with Gasteiger partial charge in [-0.3, -0.25) is 0 Å². The third kappa shape index (κ3) is 12.0. The smallest absolute Gasteiger partial charge is 0.0747 e. The lowest BCUT2D eigenvalue weighted by atomic mass is 9.95. The van der Waals surface area contributed by atoms with Gasteiger partial charge in [0.15, 0.2) is 0 Å². The topological polar surface area (TPSA) is 26.0 Å². The zero-order chi connectivity index (χ0) is 13.7. The van der Waals surface area contributed by atoms with Gasteiger partial charge in [0.2, 0.25) is 0 Å². The van der Waals surface area contributed by atoms with Crippen molar-refractivity contribution in [2.45, 2.75) is 96.9 Å². The van der Waals surface area contributed by atoms with Gasteiger partial charge in [0.05, 0.1) is 5.54 Å². The highest BCUT2D eigenvalue weighted by Gasteiger charge is 2.13. The molecular weight excluding hydrogens is 218 g/mol. The second-order valence-electron chi connectivity index (χ2n) is 5.72. The number of hydrogen-bond donors (Lipinski definition) is 1. The lowest BCUT2D eigenvalue weighted by molar-refractivity contribution is 0.490. The Bertz CT molecular complexity index is 232. The molecule has 0 saturated heterocycles. The van der Waals surface area contributed by atoms with Crippen molar-refractivity contribution in [3.63, 3.8) is 0 Å². The molecule has 0 aromatic heterocycles. The fourth-order valence-electron chi connectivity index (χ4n) is 2.33. The summed E-state index contributed by atoms with van der Waals surface area (Å²) < 4.78 is 0. The molecule has 0 amide bonds. The lowest BCUT2D eigenvalue weighted by Gasteiger charge is -2.17. The molecule has 1 heteroatoms. The van der Waals surface area contributed by atoms with E-state index in [2.05, 4.69) is 18.8 Å². The molecule has 0 rings (SSSR count). The van der Waals surface area contributed by atoms with Crippen LogP contribution in [-0.4, -0.2) is 5.54 Å². The number of hydrogen-bond acceptors (Lipinski definition) is 1. The van der Waals surface area contributed by atoms with E-state index in [1.165, 1.54) is 64.2 Å². The summed E-state index contributed by atoms with van der Waals surface area (Å²) in [5, 5.41) is 0. The Hall–Kier alpha value is -0.480. The minimum absolute atomic E-state index is 0.269. The summed E-state index contributed by atoms with van der Waals surface area (Å²) in [6, 6.07) is 0. The molecule has 106 valence electrons. The zero-order valence-corrected chi connectivity index (χ0v) is 12.9. The van der Waals surface area contributed by atoms with Crippen LogP contribution in [0.15, 0.2) is 0 Å². The first-order valence-electron chi connectivity index (χ1n) is 7.85.